The van der Waals surface area contributed by atoms with Crippen molar-refractivity contribution in [2.75, 3.05) is 0 Å². The van der Waals surface area contributed by atoms with E-state index in [1.165, 1.54) is 24.3 Å². The Bertz CT molecular complexity index is 443. The fraction of sp³-hybridized carbons (Fsp3) is 0.357. The maximum atomic E-state index is 13.1. The second kappa shape index (κ2) is 6.31. The number of rotatable bonds is 6. The van der Waals surface area contributed by atoms with Gasteiger partial charge >= 0.3 is 5.97 Å². The first kappa shape index (κ1) is 14.4. The quantitative estimate of drug-likeness (QED) is 0.765. The van der Waals surface area contributed by atoms with Gasteiger partial charge in [-0.3, -0.25) is 4.79 Å². The van der Waals surface area contributed by atoms with Gasteiger partial charge in [-0.2, -0.15) is 0 Å². The van der Waals surface area contributed by atoms with E-state index in [0.717, 1.165) is 0 Å². The van der Waals surface area contributed by atoms with Crippen LogP contribution in [0.3, 0.4) is 0 Å². The summed E-state index contributed by atoms with van der Waals surface area (Å²) in [6.45, 7) is 5.10. The van der Waals surface area contributed by atoms with Crippen molar-refractivity contribution in [1.82, 2.24) is 0 Å². The Balaban J connectivity index is 2.79. The number of benzene rings is 1. The van der Waals surface area contributed by atoms with Crippen molar-refractivity contribution < 1.29 is 19.4 Å². The molecule has 2 atom stereocenters. The standard InChI is InChI=1S/C14H17FO3/c1-3-4-11(14(17)18)8-13(16)10-5-6-12(15)9(2)7-10/h3,5-7,11,13,16H,1,4,8H2,2H3,(H,17,18). The molecule has 0 fully saturated rings. The molecule has 0 bridgehead atoms. The molecule has 1 aromatic carbocycles. The molecule has 1 aromatic rings. The van der Waals surface area contributed by atoms with Gasteiger partial charge in [-0.05, 0) is 37.0 Å². The molecule has 18 heavy (non-hydrogen) atoms. The van der Waals surface area contributed by atoms with Gasteiger partial charge in [0.15, 0.2) is 0 Å². The van der Waals surface area contributed by atoms with Gasteiger partial charge < -0.3 is 10.2 Å². The molecular formula is C14H17FO3. The maximum absolute atomic E-state index is 13.1. The van der Waals surface area contributed by atoms with Crippen LogP contribution in [0.2, 0.25) is 0 Å². The van der Waals surface area contributed by atoms with Crippen LogP contribution in [0.4, 0.5) is 4.39 Å². The van der Waals surface area contributed by atoms with Gasteiger partial charge in [0.05, 0.1) is 12.0 Å². The van der Waals surface area contributed by atoms with Crippen LogP contribution in [0.25, 0.3) is 0 Å². The number of aliphatic hydroxyl groups is 1. The summed E-state index contributed by atoms with van der Waals surface area (Å²) in [5.41, 5.74) is 0.964. The molecule has 98 valence electrons. The highest BCUT2D eigenvalue weighted by molar-refractivity contribution is 5.70. The van der Waals surface area contributed by atoms with E-state index in [4.69, 9.17) is 5.11 Å². The van der Waals surface area contributed by atoms with Crippen LogP contribution in [0.1, 0.15) is 30.1 Å². The highest BCUT2D eigenvalue weighted by atomic mass is 19.1. The lowest BCUT2D eigenvalue weighted by Gasteiger charge is -2.16. The highest BCUT2D eigenvalue weighted by Gasteiger charge is 2.21. The third kappa shape index (κ3) is 3.67. The SMILES string of the molecule is C=CCC(CC(O)c1ccc(F)c(C)c1)C(=O)O. The van der Waals surface area contributed by atoms with Crippen molar-refractivity contribution in [3.8, 4) is 0 Å². The normalized spacial score (nSPS) is 13.9. The third-order valence-electron chi connectivity index (χ3n) is 2.87. The third-order valence-corrected chi connectivity index (χ3v) is 2.87. The predicted octanol–water partition coefficient (Wildman–Crippen LogP) is 2.83. The van der Waals surface area contributed by atoms with E-state index in [9.17, 15) is 14.3 Å². The number of aliphatic hydroxyl groups excluding tert-OH is 1. The van der Waals surface area contributed by atoms with Crippen LogP contribution in [-0.4, -0.2) is 16.2 Å². The topological polar surface area (TPSA) is 57.5 Å². The first-order valence-electron chi connectivity index (χ1n) is 5.73. The summed E-state index contributed by atoms with van der Waals surface area (Å²) in [5.74, 6) is -1.98. The van der Waals surface area contributed by atoms with E-state index in [1.807, 2.05) is 0 Å². The molecule has 0 saturated heterocycles. The molecule has 0 spiro atoms. The van der Waals surface area contributed by atoms with Gasteiger partial charge in [-0.1, -0.05) is 18.2 Å². The molecule has 0 aliphatic rings. The smallest absolute Gasteiger partial charge is 0.306 e. The highest BCUT2D eigenvalue weighted by Crippen LogP contribution is 2.25. The monoisotopic (exact) mass is 252 g/mol. The summed E-state index contributed by atoms with van der Waals surface area (Å²) in [7, 11) is 0. The summed E-state index contributed by atoms with van der Waals surface area (Å²) in [5, 5.41) is 18.9. The summed E-state index contributed by atoms with van der Waals surface area (Å²) < 4.78 is 13.1. The minimum absolute atomic E-state index is 0.0897. The zero-order chi connectivity index (χ0) is 13.7. The number of carboxylic acid groups (broad SMARTS) is 1. The van der Waals surface area contributed by atoms with Crippen molar-refractivity contribution in [2.24, 2.45) is 5.92 Å². The van der Waals surface area contributed by atoms with Crippen molar-refractivity contribution in [3.05, 3.63) is 47.8 Å². The number of aryl methyl sites for hydroxylation is 1. The van der Waals surface area contributed by atoms with E-state index >= 15 is 0 Å². The van der Waals surface area contributed by atoms with E-state index < -0.39 is 18.0 Å². The van der Waals surface area contributed by atoms with Gasteiger partial charge in [0.2, 0.25) is 0 Å². The molecule has 0 saturated carbocycles. The lowest BCUT2D eigenvalue weighted by atomic mass is 9.93. The molecule has 0 heterocycles. The molecule has 3 nitrogen and oxygen atoms in total. The largest absolute Gasteiger partial charge is 0.481 e. The average molecular weight is 252 g/mol. The Morgan fingerprint density at radius 1 is 1.56 bits per heavy atom. The minimum atomic E-state index is -0.965. The number of carboxylic acids is 1. The van der Waals surface area contributed by atoms with E-state index in [0.29, 0.717) is 17.5 Å². The Morgan fingerprint density at radius 2 is 2.22 bits per heavy atom. The number of aliphatic carboxylic acids is 1. The van der Waals surface area contributed by atoms with Gasteiger partial charge in [0, 0.05) is 0 Å². The molecule has 4 heteroatoms. The fourth-order valence-corrected chi connectivity index (χ4v) is 1.78. The molecular weight excluding hydrogens is 235 g/mol. The van der Waals surface area contributed by atoms with Crippen molar-refractivity contribution in [1.29, 1.82) is 0 Å². The number of hydrogen-bond acceptors (Lipinski definition) is 2. The first-order valence-corrected chi connectivity index (χ1v) is 5.73. The van der Waals surface area contributed by atoms with Crippen molar-refractivity contribution in [2.45, 2.75) is 25.9 Å². The van der Waals surface area contributed by atoms with Crippen LogP contribution in [-0.2, 0) is 4.79 Å². The minimum Gasteiger partial charge on any atom is -0.481 e. The van der Waals surface area contributed by atoms with Crippen LogP contribution in [0.15, 0.2) is 30.9 Å². The molecule has 0 aromatic heterocycles. The zero-order valence-electron chi connectivity index (χ0n) is 10.3. The Labute approximate surface area is 106 Å². The maximum Gasteiger partial charge on any atom is 0.306 e. The molecule has 2 unspecified atom stereocenters. The average Bonchev–Trinajstić information content (AvgIpc) is 2.31. The van der Waals surface area contributed by atoms with Crippen LogP contribution < -0.4 is 0 Å². The lowest BCUT2D eigenvalue weighted by molar-refractivity contribution is -0.142. The molecule has 1 rings (SSSR count). The Hall–Kier alpha value is -1.68. The second-order valence-corrected chi connectivity index (χ2v) is 4.32. The van der Waals surface area contributed by atoms with Crippen LogP contribution in [0, 0.1) is 18.7 Å². The van der Waals surface area contributed by atoms with Gasteiger partial charge in [-0.15, -0.1) is 6.58 Å². The fourth-order valence-electron chi connectivity index (χ4n) is 1.78. The Kier molecular flexibility index (Phi) is 5.04. The van der Waals surface area contributed by atoms with E-state index in [2.05, 4.69) is 6.58 Å². The van der Waals surface area contributed by atoms with Crippen LogP contribution in [0.5, 0.6) is 0 Å². The first-order chi connectivity index (χ1) is 8.45. The Morgan fingerprint density at radius 3 is 2.72 bits per heavy atom. The molecule has 2 N–H and O–H groups in total. The van der Waals surface area contributed by atoms with E-state index in [1.54, 1.807) is 6.92 Å². The summed E-state index contributed by atoms with van der Waals surface area (Å²) in [6.07, 6.45) is 0.991. The van der Waals surface area contributed by atoms with Gasteiger partial charge in [0.1, 0.15) is 5.82 Å². The summed E-state index contributed by atoms with van der Waals surface area (Å²) in [6, 6.07) is 4.28. The number of allylic oxidation sites excluding steroid dienone is 1. The number of hydrogen-bond donors (Lipinski definition) is 2. The summed E-state index contributed by atoms with van der Waals surface area (Å²) >= 11 is 0. The van der Waals surface area contributed by atoms with Gasteiger partial charge in [0.25, 0.3) is 0 Å². The second-order valence-electron chi connectivity index (χ2n) is 4.32. The molecule has 0 aliphatic heterocycles. The van der Waals surface area contributed by atoms with Crippen LogP contribution >= 0.6 is 0 Å². The number of carbonyl (C=O) groups is 1. The lowest BCUT2D eigenvalue weighted by Crippen LogP contribution is -2.16. The van der Waals surface area contributed by atoms with Crippen molar-refractivity contribution >= 4 is 5.97 Å². The molecule has 0 amide bonds. The predicted molar refractivity (Wildman–Crippen MR) is 66.7 cm³/mol. The number of halogens is 1. The summed E-state index contributed by atoms with van der Waals surface area (Å²) in [4.78, 5) is 11.0. The van der Waals surface area contributed by atoms with Gasteiger partial charge in [-0.25, -0.2) is 4.39 Å². The zero-order valence-corrected chi connectivity index (χ0v) is 10.3. The van der Waals surface area contributed by atoms with Crippen molar-refractivity contribution in [3.63, 3.8) is 0 Å². The molecule has 0 aliphatic carbocycles. The van der Waals surface area contributed by atoms with E-state index in [-0.39, 0.29) is 12.2 Å². The molecule has 0 radical (unpaired) electrons.